The molecular weight excluding hydrogens is 847 g/mol. The molecule has 5 amide bonds. The molecule has 0 saturated carbocycles. The highest BCUT2D eigenvalue weighted by Gasteiger charge is 2.38. The number of likely N-dealkylation sites (N-methyl/N-ethyl adjacent to an activating group) is 3. The number of carbonyl (C=O) groups is 5. The lowest BCUT2D eigenvalue weighted by atomic mass is 9.84. The minimum Gasteiger partial charge on any atom is -0.464 e. The number of nitrogens with zero attached hydrogens (tertiary/aromatic N) is 7. The smallest absolute Gasteiger partial charge is 0.324 e. The van der Waals surface area contributed by atoms with Gasteiger partial charge in [-0.3, -0.25) is 29.2 Å². The number of thiazole rings is 1. The molecule has 2 aliphatic heterocycles. The second-order valence-electron chi connectivity index (χ2n) is 18.2. The van der Waals surface area contributed by atoms with E-state index in [0.29, 0.717) is 37.4 Å². The average molecular weight is 912 g/mol. The summed E-state index contributed by atoms with van der Waals surface area (Å²) in [6, 6.07) is 7.11. The maximum absolute atomic E-state index is 14.6. The number of hydrogen-bond acceptors (Lipinski definition) is 11. The number of ether oxygens (including phenoxy) is 2. The molecule has 4 atom stereocenters. The van der Waals surface area contributed by atoms with Crippen LogP contribution in [0.1, 0.15) is 76.8 Å². The van der Waals surface area contributed by atoms with Gasteiger partial charge in [0.05, 0.1) is 34.8 Å². The van der Waals surface area contributed by atoms with Gasteiger partial charge < -0.3 is 34.1 Å². The van der Waals surface area contributed by atoms with Crippen LogP contribution < -0.4 is 10.7 Å². The second-order valence-corrected chi connectivity index (χ2v) is 19.2. The van der Waals surface area contributed by atoms with Crippen LogP contribution in [0.5, 0.6) is 0 Å². The normalized spacial score (nSPS) is 18.7. The summed E-state index contributed by atoms with van der Waals surface area (Å²) in [5, 5.41) is 8.04. The van der Waals surface area contributed by atoms with Crippen molar-refractivity contribution in [2.45, 2.75) is 98.0 Å². The molecule has 0 aliphatic carbocycles. The number of carbonyl (C=O) groups excluding carboxylic acids is 5. The molecular formula is C48H65N9O7S. The number of fused-ring (bicyclic) bond motifs is 6. The van der Waals surface area contributed by atoms with Crippen LogP contribution in [0.25, 0.3) is 33.4 Å². The number of nitrogens with one attached hydrogen (secondary N) is 2. The van der Waals surface area contributed by atoms with Gasteiger partial charge in [0.2, 0.25) is 11.8 Å². The first-order valence-electron chi connectivity index (χ1n) is 22.4. The van der Waals surface area contributed by atoms with Crippen molar-refractivity contribution in [2.24, 2.45) is 11.3 Å². The van der Waals surface area contributed by atoms with Crippen molar-refractivity contribution in [1.82, 2.24) is 45.0 Å². The van der Waals surface area contributed by atoms with Gasteiger partial charge in [-0.25, -0.2) is 15.2 Å². The molecule has 65 heavy (non-hydrogen) atoms. The van der Waals surface area contributed by atoms with E-state index in [1.165, 1.54) is 37.1 Å². The van der Waals surface area contributed by atoms with Crippen LogP contribution in [0, 0.1) is 11.3 Å². The number of methoxy groups -OCH3 is 1. The van der Waals surface area contributed by atoms with Crippen LogP contribution in [0.2, 0.25) is 0 Å². The summed E-state index contributed by atoms with van der Waals surface area (Å²) in [7, 11) is 6.47. The fraction of sp³-hybridized carbons (Fsp3) is 0.521. The summed E-state index contributed by atoms with van der Waals surface area (Å²) < 4.78 is 14.2. The molecule has 2 aliphatic rings. The van der Waals surface area contributed by atoms with Crippen LogP contribution >= 0.6 is 11.3 Å². The van der Waals surface area contributed by atoms with Crippen molar-refractivity contribution in [2.75, 3.05) is 54.5 Å². The molecule has 16 nitrogen and oxygen atoms in total. The number of cyclic esters (lactones) is 1. The Morgan fingerprint density at radius 2 is 1.86 bits per heavy atom. The lowest BCUT2D eigenvalue weighted by molar-refractivity contribution is -0.155. The van der Waals surface area contributed by atoms with Gasteiger partial charge in [0.25, 0.3) is 5.91 Å². The highest BCUT2D eigenvalue weighted by atomic mass is 32.1. The molecule has 1 saturated heterocycles. The molecule has 3 aromatic heterocycles. The topological polar surface area (TPSA) is 172 Å². The summed E-state index contributed by atoms with van der Waals surface area (Å²) in [5.41, 5.74) is 9.21. The van der Waals surface area contributed by atoms with E-state index in [1.807, 2.05) is 32.2 Å². The van der Waals surface area contributed by atoms with Gasteiger partial charge in [-0.15, -0.1) is 11.3 Å². The maximum Gasteiger partial charge on any atom is 0.324 e. The largest absolute Gasteiger partial charge is 0.464 e. The number of hydrazine groups is 1. The minimum absolute atomic E-state index is 0.0636. The molecule has 6 bridgehead atoms. The van der Waals surface area contributed by atoms with Crippen molar-refractivity contribution in [3.63, 3.8) is 0 Å². The quantitative estimate of drug-likeness (QED) is 0.130. The Bertz CT molecular complexity index is 2410. The Morgan fingerprint density at radius 1 is 1.12 bits per heavy atom. The number of hydrogen-bond donors (Lipinski definition) is 2. The monoisotopic (exact) mass is 911 g/mol. The number of esters is 1. The van der Waals surface area contributed by atoms with Gasteiger partial charge in [0.1, 0.15) is 18.1 Å². The van der Waals surface area contributed by atoms with E-state index >= 15 is 0 Å². The Hall–Kier alpha value is -5.65. The first kappa shape index (κ1) is 48.8. The third-order valence-electron chi connectivity index (χ3n) is 12.4. The molecule has 0 spiro atoms. The first-order valence-corrected chi connectivity index (χ1v) is 23.3. The third kappa shape index (κ3) is 10.7. The van der Waals surface area contributed by atoms with Crippen molar-refractivity contribution < 1.29 is 33.4 Å². The zero-order valence-electron chi connectivity index (χ0n) is 39.5. The van der Waals surface area contributed by atoms with Crippen molar-refractivity contribution in [3.8, 4) is 22.5 Å². The van der Waals surface area contributed by atoms with Crippen LogP contribution in [-0.2, 0) is 48.0 Å². The lowest BCUT2D eigenvalue weighted by Gasteiger charge is -2.37. The van der Waals surface area contributed by atoms with Crippen molar-refractivity contribution in [1.29, 1.82) is 0 Å². The number of rotatable bonds is 12. The minimum atomic E-state index is -1.10. The van der Waals surface area contributed by atoms with Gasteiger partial charge in [0.15, 0.2) is 0 Å². The standard InChI is InChI=1S/C48H65N9O7S/c1-12-40(58)53(8)22-23-54(9)47(62)55(10)42(29(3)4)44(59)51-36-25-39-50-37(27-65-39)31-18-19-38-33(24-31)34(43(56(38)13-2)32-16-14-20-49-41(32)30(5)63-11)26-48(6,7)28-64-46(61)35-17-15-21-57(52-35)45(36)60/h12,14,16,18-20,24,27,29-30,35-36,42,52H,1,13,15,17,21-23,25-26,28H2,2-11H3,(H,51,59)/t30-,35-,36-,42-/m0/s1. The van der Waals surface area contributed by atoms with Crippen LogP contribution in [0.4, 0.5) is 4.79 Å². The Labute approximate surface area is 386 Å². The predicted molar refractivity (Wildman–Crippen MR) is 252 cm³/mol. The highest BCUT2D eigenvalue weighted by Crippen LogP contribution is 2.42. The lowest BCUT2D eigenvalue weighted by Crippen LogP contribution is -2.62. The molecule has 350 valence electrons. The Balaban J connectivity index is 1.39. The van der Waals surface area contributed by atoms with Crippen molar-refractivity contribution >= 4 is 52.0 Å². The van der Waals surface area contributed by atoms with E-state index in [4.69, 9.17) is 19.4 Å². The number of benzene rings is 1. The summed E-state index contributed by atoms with van der Waals surface area (Å²) in [5.74, 6) is -2.02. The van der Waals surface area contributed by atoms with Gasteiger partial charge in [0, 0.05) is 99.9 Å². The Morgan fingerprint density at radius 3 is 2.55 bits per heavy atom. The van der Waals surface area contributed by atoms with E-state index < -0.39 is 47.4 Å². The van der Waals surface area contributed by atoms with E-state index in [2.05, 4.69) is 66.9 Å². The molecule has 1 aromatic carbocycles. The number of aryl methyl sites for hydroxylation is 1. The highest BCUT2D eigenvalue weighted by molar-refractivity contribution is 7.10. The summed E-state index contributed by atoms with van der Waals surface area (Å²) in [4.78, 5) is 82.7. The molecule has 0 radical (unpaired) electrons. The van der Waals surface area contributed by atoms with Gasteiger partial charge in [-0.1, -0.05) is 40.3 Å². The molecule has 5 heterocycles. The summed E-state index contributed by atoms with van der Waals surface area (Å²) >= 11 is 1.40. The fourth-order valence-electron chi connectivity index (χ4n) is 8.80. The van der Waals surface area contributed by atoms with Gasteiger partial charge in [-0.2, -0.15) is 0 Å². The van der Waals surface area contributed by atoms with Gasteiger partial charge >= 0.3 is 12.0 Å². The Kier molecular flexibility index (Phi) is 15.5. The fourth-order valence-corrected chi connectivity index (χ4v) is 9.65. The molecule has 6 rings (SSSR count). The van der Waals surface area contributed by atoms with Crippen molar-refractivity contribution in [3.05, 3.63) is 70.8 Å². The number of urea groups is 1. The molecule has 17 heteroatoms. The van der Waals surface area contributed by atoms with Crippen LogP contribution in [-0.4, -0.2) is 137 Å². The zero-order valence-corrected chi connectivity index (χ0v) is 40.3. The zero-order chi connectivity index (χ0) is 47.3. The number of amides is 5. The van der Waals surface area contributed by atoms with E-state index in [0.717, 1.165) is 44.7 Å². The van der Waals surface area contributed by atoms with E-state index in [9.17, 15) is 24.0 Å². The van der Waals surface area contributed by atoms with E-state index in [1.54, 1.807) is 34.4 Å². The second kappa shape index (κ2) is 20.7. The number of pyridine rings is 1. The van der Waals surface area contributed by atoms with Crippen LogP contribution in [0.3, 0.4) is 0 Å². The first-order chi connectivity index (χ1) is 30.9. The molecule has 4 aromatic rings. The average Bonchev–Trinajstić information content (AvgIpc) is 3.89. The summed E-state index contributed by atoms with van der Waals surface area (Å²) in [6.45, 7) is 17.1. The van der Waals surface area contributed by atoms with Crippen LogP contribution in [0.15, 0.2) is 54.6 Å². The SMILES string of the molecule is C=CC(=O)N(C)CCN(C)C(=O)N(C)[C@H](C(=O)N[C@H]1Cc2nc(cs2)-c2ccc3c(c2)c(c(-c2cccnc2[C@H](C)OC)n3CC)CC(C)(C)COC(=O)[C@@H]2CCCN(N2)C1=O)C(C)C. The molecule has 2 N–H and O–H groups in total. The summed E-state index contributed by atoms with van der Waals surface area (Å²) in [6.07, 6.45) is 4.36. The predicted octanol–water partition coefficient (Wildman–Crippen LogP) is 5.86. The van der Waals surface area contributed by atoms with Gasteiger partial charge in [-0.05, 0) is 74.9 Å². The molecule has 1 fully saturated rings. The number of aromatic nitrogens is 3. The maximum atomic E-state index is 14.6. The van der Waals surface area contributed by atoms with E-state index in [-0.39, 0.29) is 44.0 Å². The third-order valence-corrected chi connectivity index (χ3v) is 13.3. The molecule has 0 unspecified atom stereocenters.